The minimum Gasteiger partial charge on any atom is -0.488 e. The lowest BCUT2D eigenvalue weighted by Crippen LogP contribution is -2.46. The summed E-state index contributed by atoms with van der Waals surface area (Å²) in [5.74, 6) is 0.766. The lowest BCUT2D eigenvalue weighted by atomic mass is 9.95. The van der Waals surface area contributed by atoms with Crippen molar-refractivity contribution < 1.29 is 14.2 Å². The molecule has 2 aliphatic heterocycles. The van der Waals surface area contributed by atoms with Crippen LogP contribution in [0.4, 0.5) is 11.4 Å². The summed E-state index contributed by atoms with van der Waals surface area (Å²) in [7, 11) is 0. The van der Waals surface area contributed by atoms with E-state index in [9.17, 15) is 4.79 Å². The molecule has 0 spiro atoms. The highest BCUT2D eigenvalue weighted by Crippen LogP contribution is 2.35. The molecule has 2 fully saturated rings. The number of benzene rings is 3. The van der Waals surface area contributed by atoms with E-state index >= 15 is 0 Å². The molecule has 1 unspecified atom stereocenters. The molecule has 7 rings (SSSR count). The van der Waals surface area contributed by atoms with Crippen LogP contribution in [0.15, 0.2) is 103 Å². The van der Waals surface area contributed by atoms with Crippen molar-refractivity contribution in [2.45, 2.75) is 44.7 Å². The Kier molecular flexibility index (Phi) is 8.77. The summed E-state index contributed by atoms with van der Waals surface area (Å²) in [4.78, 5) is 21.6. The van der Waals surface area contributed by atoms with Gasteiger partial charge in [-0.05, 0) is 67.4 Å². The molecule has 47 heavy (non-hydrogen) atoms. The summed E-state index contributed by atoms with van der Waals surface area (Å²) >= 11 is 0. The van der Waals surface area contributed by atoms with Gasteiger partial charge in [0.05, 0.1) is 24.9 Å². The first-order valence-electron chi connectivity index (χ1n) is 16.2. The summed E-state index contributed by atoms with van der Waals surface area (Å²) in [6.07, 6.45) is 5.16. The van der Waals surface area contributed by atoms with Crippen LogP contribution >= 0.6 is 0 Å². The molecule has 2 aromatic heterocycles. The summed E-state index contributed by atoms with van der Waals surface area (Å²) < 4.78 is 23.6. The Bertz CT molecular complexity index is 1780. The second-order valence-corrected chi connectivity index (χ2v) is 12.1. The average molecular weight is 637 g/mol. The molecule has 0 radical (unpaired) electrons. The van der Waals surface area contributed by atoms with E-state index in [1.165, 1.54) is 6.33 Å². The van der Waals surface area contributed by atoms with E-state index in [-0.39, 0.29) is 18.3 Å². The Morgan fingerprint density at radius 1 is 0.872 bits per heavy atom. The number of nitrogens with zero attached hydrogens (tertiary/aromatic N) is 8. The Morgan fingerprint density at radius 3 is 2.17 bits per heavy atom. The maximum Gasteiger partial charge on any atom is 0.350 e. The van der Waals surface area contributed by atoms with Crippen LogP contribution in [0.3, 0.4) is 0 Å². The molecule has 12 nitrogen and oxygen atoms in total. The van der Waals surface area contributed by atoms with E-state index in [4.69, 9.17) is 14.2 Å². The van der Waals surface area contributed by atoms with Crippen LogP contribution in [0, 0.1) is 0 Å². The van der Waals surface area contributed by atoms with Crippen LogP contribution < -0.4 is 20.2 Å². The van der Waals surface area contributed by atoms with Crippen molar-refractivity contribution in [3.8, 4) is 11.4 Å². The van der Waals surface area contributed by atoms with Crippen LogP contribution in [0.25, 0.3) is 5.69 Å². The number of hydrogen-bond acceptors (Lipinski definition) is 9. The second kappa shape index (κ2) is 13.4. The molecule has 244 valence electrons. The van der Waals surface area contributed by atoms with Crippen molar-refractivity contribution in [3.63, 3.8) is 0 Å². The van der Waals surface area contributed by atoms with Gasteiger partial charge in [0.1, 0.15) is 36.9 Å². The minimum atomic E-state index is -0.673. The van der Waals surface area contributed by atoms with Gasteiger partial charge in [-0.1, -0.05) is 37.3 Å². The van der Waals surface area contributed by atoms with Gasteiger partial charge in [-0.25, -0.2) is 23.7 Å². The van der Waals surface area contributed by atoms with Gasteiger partial charge in [-0.15, -0.1) is 0 Å². The fourth-order valence-electron chi connectivity index (χ4n) is 6.21. The van der Waals surface area contributed by atoms with Crippen LogP contribution in [0.5, 0.6) is 5.75 Å². The van der Waals surface area contributed by atoms with Gasteiger partial charge < -0.3 is 24.0 Å². The highest BCUT2D eigenvalue weighted by Gasteiger charge is 2.44. The second-order valence-electron chi connectivity index (χ2n) is 12.1. The van der Waals surface area contributed by atoms with E-state index in [0.717, 1.165) is 61.0 Å². The highest BCUT2D eigenvalue weighted by molar-refractivity contribution is 5.54. The molecular formula is C35H40N8O4. The zero-order valence-electron chi connectivity index (χ0n) is 26.8. The average Bonchev–Trinajstić information content (AvgIpc) is 3.89. The zero-order valence-corrected chi connectivity index (χ0v) is 26.8. The Balaban J connectivity index is 0.913. The molecule has 0 saturated carbocycles. The molecule has 0 N–H and O–H groups in total. The number of anilines is 2. The first kappa shape index (κ1) is 30.7. The Morgan fingerprint density at radius 2 is 1.53 bits per heavy atom. The van der Waals surface area contributed by atoms with E-state index in [1.54, 1.807) is 26.6 Å². The predicted molar refractivity (Wildman–Crippen MR) is 178 cm³/mol. The lowest BCUT2D eigenvalue weighted by molar-refractivity contribution is -0.116. The molecule has 2 aliphatic rings. The Hall–Kier alpha value is -4.94. The topological polar surface area (TPSA) is 105 Å². The largest absolute Gasteiger partial charge is 0.488 e. The summed E-state index contributed by atoms with van der Waals surface area (Å²) in [6.45, 7) is 8.83. The normalized spacial score (nSPS) is 20.4. The van der Waals surface area contributed by atoms with Gasteiger partial charge in [0.2, 0.25) is 0 Å². The minimum absolute atomic E-state index is 0.0718. The van der Waals surface area contributed by atoms with Gasteiger partial charge in [0.15, 0.2) is 6.29 Å². The summed E-state index contributed by atoms with van der Waals surface area (Å²) in [5, 5.41) is 8.58. The molecule has 3 aromatic carbocycles. The summed E-state index contributed by atoms with van der Waals surface area (Å²) in [5.41, 5.74) is 3.38. The van der Waals surface area contributed by atoms with Gasteiger partial charge in [0.25, 0.3) is 0 Å². The fourth-order valence-corrected chi connectivity index (χ4v) is 6.21. The third-order valence-electron chi connectivity index (χ3n) is 9.11. The molecule has 5 aromatic rings. The van der Waals surface area contributed by atoms with Crippen molar-refractivity contribution in [3.05, 3.63) is 114 Å². The molecule has 2 saturated heterocycles. The lowest BCUT2D eigenvalue weighted by Gasteiger charge is -2.37. The number of piperazine rings is 1. The van der Waals surface area contributed by atoms with Crippen molar-refractivity contribution in [2.75, 3.05) is 49.2 Å². The molecule has 12 heteroatoms. The number of aromatic nitrogens is 6. The summed E-state index contributed by atoms with van der Waals surface area (Å²) in [6, 6.07) is 26.5. The molecular weight excluding hydrogens is 596 g/mol. The number of hydrogen-bond donors (Lipinski definition) is 0. The van der Waals surface area contributed by atoms with E-state index in [0.29, 0.717) is 13.2 Å². The maximum atomic E-state index is 12.8. The predicted octanol–water partition coefficient (Wildman–Crippen LogP) is 4.27. The Labute approximate surface area is 273 Å². The quantitative estimate of drug-likeness (QED) is 0.210. The van der Waals surface area contributed by atoms with Gasteiger partial charge >= 0.3 is 5.69 Å². The third-order valence-corrected chi connectivity index (χ3v) is 9.11. The first-order valence-corrected chi connectivity index (χ1v) is 16.2. The smallest absolute Gasteiger partial charge is 0.350 e. The third kappa shape index (κ3) is 6.51. The molecule has 4 heterocycles. The molecule has 0 amide bonds. The van der Waals surface area contributed by atoms with Gasteiger partial charge in [-0.3, -0.25) is 0 Å². The van der Waals surface area contributed by atoms with Crippen molar-refractivity contribution in [1.82, 2.24) is 29.1 Å². The number of ether oxygens (including phenoxy) is 3. The monoisotopic (exact) mass is 636 g/mol. The van der Waals surface area contributed by atoms with Crippen molar-refractivity contribution in [1.29, 1.82) is 0 Å². The van der Waals surface area contributed by atoms with Crippen LogP contribution in [-0.2, 0) is 21.6 Å². The van der Waals surface area contributed by atoms with Crippen LogP contribution in [0.2, 0.25) is 0 Å². The van der Waals surface area contributed by atoms with E-state index < -0.39 is 11.9 Å². The fraction of sp³-hybridized carbons (Fsp3) is 0.371. The van der Waals surface area contributed by atoms with Crippen LogP contribution in [0.1, 0.15) is 31.9 Å². The van der Waals surface area contributed by atoms with Gasteiger partial charge in [0, 0.05) is 37.6 Å². The molecule has 0 bridgehead atoms. The zero-order chi connectivity index (χ0) is 32.2. The molecule has 0 aliphatic carbocycles. The van der Waals surface area contributed by atoms with Gasteiger partial charge in [-0.2, -0.15) is 10.2 Å². The highest BCUT2D eigenvalue weighted by atomic mass is 16.7. The van der Waals surface area contributed by atoms with Crippen molar-refractivity contribution >= 4 is 11.4 Å². The molecule has 3 atom stereocenters. The standard InChI is InChI=1S/C35H40N8O4/c1-3-27(2)43-34(44)42(26-38-43)31-11-9-29(10-12-31)39-17-19-40(20-18-39)30-13-15-32(16-14-30)45-21-33-46-23-35(47-33,22-41-25-36-24-37-41)28-7-5-4-6-8-28/h4-16,24-27,33H,3,17-23H2,1-2H3/t27?,33-,35+/m1/s1. The van der Waals surface area contributed by atoms with E-state index in [2.05, 4.69) is 56.2 Å². The van der Waals surface area contributed by atoms with Crippen LogP contribution in [-0.4, -0.2) is 74.8 Å². The van der Waals surface area contributed by atoms with Crippen molar-refractivity contribution in [2.24, 2.45) is 0 Å². The maximum absolute atomic E-state index is 12.8. The first-order chi connectivity index (χ1) is 23.0. The SMILES string of the molecule is CCC(C)n1ncn(-c2ccc(N3CCN(c4ccc(OC[C@@H]5OC[C@@](Cn6cncn6)(c6ccccc6)O5)cc4)CC3)cc2)c1=O. The number of rotatable bonds is 11. The van der Waals surface area contributed by atoms with E-state index in [1.807, 2.05) is 61.5 Å².